The van der Waals surface area contributed by atoms with Gasteiger partial charge in [0.2, 0.25) is 0 Å². The van der Waals surface area contributed by atoms with Gasteiger partial charge in [-0.3, -0.25) is 0 Å². The molecule has 0 amide bonds. The van der Waals surface area contributed by atoms with Crippen molar-refractivity contribution in [2.75, 3.05) is 12.5 Å². The summed E-state index contributed by atoms with van der Waals surface area (Å²) < 4.78 is 2.36. The lowest BCUT2D eigenvalue weighted by atomic mass is 10.0. The third-order valence-electron chi connectivity index (χ3n) is 9.28. The quantitative estimate of drug-likeness (QED) is 0.199. The Morgan fingerprint density at radius 1 is 0.478 bits per heavy atom. The predicted molar refractivity (Wildman–Crippen MR) is 194 cm³/mol. The van der Waals surface area contributed by atoms with Gasteiger partial charge in [0.25, 0.3) is 0 Å². The molecular weight excluding hydrogens is 579 g/mol. The molecule has 6 aromatic carbocycles. The van der Waals surface area contributed by atoms with Crippen LogP contribution in [0, 0.1) is 0 Å². The maximum absolute atomic E-state index is 5.42. The molecule has 3 heterocycles. The van der Waals surface area contributed by atoms with Gasteiger partial charge in [-0.2, -0.15) is 10.0 Å². The normalized spacial score (nSPS) is 13.9. The first kappa shape index (κ1) is 26.9. The van der Waals surface area contributed by atoms with Gasteiger partial charge >= 0.3 is 0 Å². The molecule has 0 atom stereocenters. The Hall–Kier alpha value is -5.45. The van der Waals surface area contributed by atoms with Gasteiger partial charge in [-0.25, -0.2) is 9.97 Å². The highest BCUT2D eigenvalue weighted by atomic mass is 32.3. The predicted octanol–water partition coefficient (Wildman–Crippen LogP) is 11.0. The van der Waals surface area contributed by atoms with E-state index in [0.717, 1.165) is 34.0 Å². The Bertz CT molecular complexity index is 2430. The molecule has 0 N–H and O–H groups in total. The van der Waals surface area contributed by atoms with Gasteiger partial charge in [0.1, 0.15) is 0 Å². The summed E-state index contributed by atoms with van der Waals surface area (Å²) in [5.41, 5.74) is 11.4. The van der Waals surface area contributed by atoms with Crippen LogP contribution in [-0.4, -0.2) is 27.0 Å². The second-order valence-electron chi connectivity index (χ2n) is 12.3. The summed E-state index contributed by atoms with van der Waals surface area (Å²) >= 11 is 0. The summed E-state index contributed by atoms with van der Waals surface area (Å²) in [6, 6.07) is 54.1. The first-order chi connectivity index (χ1) is 22.6. The molecule has 1 aliphatic heterocycles. The van der Waals surface area contributed by atoms with Crippen LogP contribution in [0.2, 0.25) is 0 Å². The molecule has 46 heavy (non-hydrogen) atoms. The van der Waals surface area contributed by atoms with E-state index >= 15 is 0 Å². The molecule has 220 valence electrons. The van der Waals surface area contributed by atoms with Crippen molar-refractivity contribution < 1.29 is 0 Å². The second kappa shape index (κ2) is 10.3. The van der Waals surface area contributed by atoms with Gasteiger partial charge in [-0.1, -0.05) is 115 Å². The first-order valence-corrected chi connectivity index (χ1v) is 18.0. The molecule has 0 radical (unpaired) electrons. The van der Waals surface area contributed by atoms with Crippen molar-refractivity contribution in [3.63, 3.8) is 0 Å². The van der Waals surface area contributed by atoms with Crippen LogP contribution in [0.15, 0.2) is 161 Å². The van der Waals surface area contributed by atoms with E-state index in [1.54, 1.807) is 0 Å². The summed E-state index contributed by atoms with van der Waals surface area (Å²) in [5, 5.41) is 2.46. The highest BCUT2D eigenvalue weighted by Crippen LogP contribution is 2.68. The van der Waals surface area contributed by atoms with E-state index < -0.39 is 10.0 Å². The van der Waals surface area contributed by atoms with Gasteiger partial charge in [0.15, 0.2) is 5.82 Å². The summed E-state index contributed by atoms with van der Waals surface area (Å²) in [7, 11) is -1.35. The number of benzene rings is 6. The Kier molecular flexibility index (Phi) is 6.02. The molecule has 0 bridgehead atoms. The fourth-order valence-electron chi connectivity index (χ4n) is 7.08. The standard InChI is InChI=1S/C42H31N3S/c1-46(2)38-20-12-10-18-34(38)40-41(46)39(43-42(44-40)30-23-21-29(22-24-30)28-13-5-3-6-14-28)31-25-26-37-35(27-31)33-17-9-11-19-36(33)45(37)32-15-7-4-8-16-32/h3-27H,1-2H3. The number of hydrogen-bond donors (Lipinski definition) is 0. The van der Waals surface area contributed by atoms with Gasteiger partial charge in [0, 0.05) is 42.9 Å². The zero-order valence-electron chi connectivity index (χ0n) is 25.7. The van der Waals surface area contributed by atoms with Crippen molar-refractivity contribution in [3.8, 4) is 50.7 Å². The van der Waals surface area contributed by atoms with Gasteiger partial charge in [-0.15, -0.1) is 0 Å². The van der Waals surface area contributed by atoms with Crippen molar-refractivity contribution in [2.24, 2.45) is 0 Å². The highest BCUT2D eigenvalue weighted by molar-refractivity contribution is 8.33. The average molecular weight is 610 g/mol. The van der Waals surface area contributed by atoms with Crippen LogP contribution >= 0.6 is 10.0 Å². The minimum atomic E-state index is -1.35. The minimum absolute atomic E-state index is 0.757. The fraction of sp³-hybridized carbons (Fsp3) is 0.0476. The molecule has 0 aliphatic carbocycles. The largest absolute Gasteiger partial charge is 0.309 e. The topological polar surface area (TPSA) is 30.7 Å². The van der Waals surface area contributed by atoms with E-state index in [0.29, 0.717) is 0 Å². The van der Waals surface area contributed by atoms with E-state index in [9.17, 15) is 0 Å². The third kappa shape index (κ3) is 4.07. The maximum atomic E-state index is 5.42. The third-order valence-corrected chi connectivity index (χ3v) is 12.1. The summed E-state index contributed by atoms with van der Waals surface area (Å²) in [4.78, 5) is 13.4. The van der Waals surface area contributed by atoms with E-state index in [1.807, 2.05) is 0 Å². The average Bonchev–Trinajstić information content (AvgIpc) is 3.57. The smallest absolute Gasteiger partial charge is 0.160 e. The summed E-state index contributed by atoms with van der Waals surface area (Å²) in [5.74, 6) is 0.757. The maximum Gasteiger partial charge on any atom is 0.160 e. The fourth-order valence-corrected chi connectivity index (χ4v) is 9.72. The van der Waals surface area contributed by atoms with Gasteiger partial charge < -0.3 is 4.57 Å². The molecule has 0 saturated heterocycles. The molecular formula is C42H31N3S. The first-order valence-electron chi connectivity index (χ1n) is 15.6. The van der Waals surface area contributed by atoms with E-state index in [4.69, 9.17) is 9.97 Å². The van der Waals surface area contributed by atoms with Crippen LogP contribution in [0.5, 0.6) is 0 Å². The lowest BCUT2D eigenvalue weighted by Gasteiger charge is -2.29. The molecule has 1 aliphatic rings. The molecule has 9 rings (SSSR count). The number of nitrogens with zero attached hydrogens (tertiary/aromatic N) is 3. The number of rotatable bonds is 4. The Labute approximate surface area is 270 Å². The molecule has 8 aromatic rings. The van der Waals surface area contributed by atoms with Crippen molar-refractivity contribution in [2.45, 2.75) is 9.79 Å². The molecule has 3 nitrogen and oxygen atoms in total. The number of hydrogen-bond acceptors (Lipinski definition) is 2. The van der Waals surface area contributed by atoms with Crippen molar-refractivity contribution in [1.29, 1.82) is 0 Å². The Morgan fingerprint density at radius 3 is 1.87 bits per heavy atom. The van der Waals surface area contributed by atoms with Crippen molar-refractivity contribution >= 4 is 31.8 Å². The lowest BCUT2D eigenvalue weighted by Crippen LogP contribution is -2.02. The van der Waals surface area contributed by atoms with Crippen LogP contribution < -0.4 is 0 Å². The molecule has 0 saturated carbocycles. The van der Waals surface area contributed by atoms with Crippen LogP contribution in [0.25, 0.3) is 72.5 Å². The van der Waals surface area contributed by atoms with Crippen molar-refractivity contribution in [3.05, 3.63) is 152 Å². The molecule has 0 unspecified atom stereocenters. The van der Waals surface area contributed by atoms with Crippen LogP contribution in [0.3, 0.4) is 0 Å². The molecule has 4 heteroatoms. The SMILES string of the molecule is CS1(C)c2ccccc2-c2nc(-c3ccc(-c4ccccc4)cc3)nc(-c3ccc4c(c3)c3ccccc3n4-c3ccccc3)c21. The number of para-hydroxylation sites is 2. The Morgan fingerprint density at radius 2 is 1.07 bits per heavy atom. The van der Waals surface area contributed by atoms with Crippen LogP contribution in [0.1, 0.15) is 0 Å². The zero-order valence-corrected chi connectivity index (χ0v) is 26.5. The Balaban J connectivity index is 1.28. The van der Waals surface area contributed by atoms with E-state index in [-0.39, 0.29) is 0 Å². The van der Waals surface area contributed by atoms with E-state index in [2.05, 4.69) is 169 Å². The monoisotopic (exact) mass is 609 g/mol. The van der Waals surface area contributed by atoms with E-state index in [1.165, 1.54) is 48.3 Å². The zero-order chi connectivity index (χ0) is 30.8. The minimum Gasteiger partial charge on any atom is -0.309 e. The highest BCUT2D eigenvalue weighted by Gasteiger charge is 2.37. The summed E-state index contributed by atoms with van der Waals surface area (Å²) in [6.07, 6.45) is 4.78. The second-order valence-corrected chi connectivity index (χ2v) is 15.8. The van der Waals surface area contributed by atoms with Crippen LogP contribution in [-0.2, 0) is 0 Å². The number of aromatic nitrogens is 3. The summed E-state index contributed by atoms with van der Waals surface area (Å²) in [6.45, 7) is 0. The van der Waals surface area contributed by atoms with Gasteiger partial charge in [-0.05, 0) is 60.0 Å². The number of fused-ring (bicyclic) bond motifs is 6. The lowest BCUT2D eigenvalue weighted by molar-refractivity contribution is 1.12. The molecule has 0 spiro atoms. The molecule has 2 aromatic heterocycles. The van der Waals surface area contributed by atoms with Crippen LogP contribution in [0.4, 0.5) is 0 Å². The molecule has 0 fully saturated rings. The van der Waals surface area contributed by atoms with Gasteiger partial charge in [0.05, 0.1) is 22.4 Å². The van der Waals surface area contributed by atoms with Crippen molar-refractivity contribution in [1.82, 2.24) is 14.5 Å².